The van der Waals surface area contributed by atoms with Crippen molar-refractivity contribution in [2.45, 2.75) is 13.0 Å². The van der Waals surface area contributed by atoms with Crippen LogP contribution in [0.3, 0.4) is 0 Å². The fraction of sp³-hybridized carbons (Fsp3) is 0.375. The van der Waals surface area contributed by atoms with E-state index in [1.165, 1.54) is 26.2 Å². The first-order valence-electron chi connectivity index (χ1n) is 10.4. The topological polar surface area (TPSA) is 94.6 Å². The second kappa shape index (κ2) is 10.7. The fourth-order valence-corrected chi connectivity index (χ4v) is 3.75. The van der Waals surface area contributed by atoms with Gasteiger partial charge in [0.25, 0.3) is 0 Å². The van der Waals surface area contributed by atoms with Gasteiger partial charge in [-0.2, -0.15) is 0 Å². The molecular formula is C24H28N2O7. The Balaban J connectivity index is 1.80. The number of carbonyl (C=O) groups is 3. The van der Waals surface area contributed by atoms with Crippen LogP contribution in [-0.2, 0) is 25.7 Å². The molecule has 0 spiro atoms. The van der Waals surface area contributed by atoms with Crippen LogP contribution in [0.2, 0.25) is 0 Å². The Morgan fingerprint density at radius 2 is 1.55 bits per heavy atom. The van der Waals surface area contributed by atoms with Crippen LogP contribution in [0.4, 0.5) is 5.69 Å². The number of hydrogen-bond donors (Lipinski definition) is 0. The number of hydrogen-bond acceptors (Lipinski definition) is 7. The highest BCUT2D eigenvalue weighted by molar-refractivity contribution is 6.00. The third-order valence-electron chi connectivity index (χ3n) is 5.50. The molecule has 1 aliphatic heterocycles. The van der Waals surface area contributed by atoms with Gasteiger partial charge in [-0.15, -0.1) is 0 Å². The molecule has 0 N–H and O–H groups in total. The average Bonchev–Trinajstić information content (AvgIpc) is 3.24. The number of amides is 2. The summed E-state index contributed by atoms with van der Waals surface area (Å²) in [7, 11) is 5.91. The molecule has 1 heterocycles. The molecule has 9 heteroatoms. The van der Waals surface area contributed by atoms with Gasteiger partial charge in [-0.05, 0) is 42.0 Å². The number of esters is 1. The molecule has 0 saturated carbocycles. The molecule has 0 bridgehead atoms. The lowest BCUT2D eigenvalue weighted by molar-refractivity contribution is -0.148. The van der Waals surface area contributed by atoms with Gasteiger partial charge in [-0.25, -0.2) is 0 Å². The molecule has 3 rings (SSSR count). The Kier molecular flexibility index (Phi) is 7.76. The molecule has 1 fully saturated rings. The van der Waals surface area contributed by atoms with Crippen LogP contribution >= 0.6 is 0 Å². The number of rotatable bonds is 9. The van der Waals surface area contributed by atoms with Gasteiger partial charge in [-0.3, -0.25) is 14.4 Å². The van der Waals surface area contributed by atoms with E-state index in [-0.39, 0.29) is 37.9 Å². The summed E-state index contributed by atoms with van der Waals surface area (Å²) in [5.74, 6) is 0.224. The third kappa shape index (κ3) is 5.74. The minimum absolute atomic E-state index is 0.0595. The van der Waals surface area contributed by atoms with Crippen molar-refractivity contribution in [1.82, 2.24) is 4.90 Å². The molecule has 176 valence electrons. The van der Waals surface area contributed by atoms with Crippen molar-refractivity contribution >= 4 is 23.5 Å². The van der Waals surface area contributed by atoms with Gasteiger partial charge < -0.3 is 28.7 Å². The molecule has 2 aromatic carbocycles. The van der Waals surface area contributed by atoms with Gasteiger partial charge in [0.1, 0.15) is 23.8 Å². The van der Waals surface area contributed by atoms with E-state index >= 15 is 0 Å². The van der Waals surface area contributed by atoms with E-state index in [4.69, 9.17) is 18.9 Å². The summed E-state index contributed by atoms with van der Waals surface area (Å²) in [4.78, 5) is 41.1. The molecule has 33 heavy (non-hydrogen) atoms. The van der Waals surface area contributed by atoms with Crippen molar-refractivity contribution in [3.8, 4) is 17.2 Å². The van der Waals surface area contributed by atoms with Gasteiger partial charge in [0.15, 0.2) is 0 Å². The molecule has 1 aliphatic rings. The van der Waals surface area contributed by atoms with Crippen LogP contribution < -0.4 is 19.1 Å². The average molecular weight is 456 g/mol. The van der Waals surface area contributed by atoms with E-state index in [1.54, 1.807) is 54.5 Å². The first-order valence-corrected chi connectivity index (χ1v) is 10.4. The predicted octanol–water partition coefficient (Wildman–Crippen LogP) is 2.27. The van der Waals surface area contributed by atoms with Crippen molar-refractivity contribution in [3.63, 3.8) is 0 Å². The minimum Gasteiger partial charge on any atom is -0.497 e. The molecule has 0 radical (unpaired) electrons. The Hall–Kier alpha value is -3.75. The van der Waals surface area contributed by atoms with Crippen molar-refractivity contribution < 1.29 is 33.3 Å². The highest BCUT2D eigenvalue weighted by Crippen LogP contribution is 2.29. The molecular weight excluding hydrogens is 428 g/mol. The van der Waals surface area contributed by atoms with Crippen molar-refractivity contribution in [1.29, 1.82) is 0 Å². The zero-order valence-electron chi connectivity index (χ0n) is 19.2. The predicted molar refractivity (Wildman–Crippen MR) is 120 cm³/mol. The SMILES string of the molecule is COC(=O)CN(Cc1cc(OC)cc(OC)c1)C(=O)C1CC(=O)N(c2ccc(OC)cc2)C1. The number of ether oxygens (including phenoxy) is 4. The summed E-state index contributed by atoms with van der Waals surface area (Å²) in [5, 5.41) is 0. The zero-order chi connectivity index (χ0) is 24.0. The van der Waals surface area contributed by atoms with Crippen LogP contribution in [0.5, 0.6) is 17.2 Å². The first-order chi connectivity index (χ1) is 15.9. The van der Waals surface area contributed by atoms with Crippen LogP contribution in [0.15, 0.2) is 42.5 Å². The van der Waals surface area contributed by atoms with E-state index in [9.17, 15) is 14.4 Å². The molecule has 9 nitrogen and oxygen atoms in total. The fourth-order valence-electron chi connectivity index (χ4n) is 3.75. The second-order valence-electron chi connectivity index (χ2n) is 7.59. The summed E-state index contributed by atoms with van der Waals surface area (Å²) < 4.78 is 20.5. The summed E-state index contributed by atoms with van der Waals surface area (Å²) in [5.41, 5.74) is 1.41. The zero-order valence-corrected chi connectivity index (χ0v) is 19.2. The third-order valence-corrected chi connectivity index (χ3v) is 5.50. The number of anilines is 1. The van der Waals surface area contributed by atoms with Gasteiger partial charge in [0.05, 0.1) is 34.4 Å². The largest absolute Gasteiger partial charge is 0.497 e. The van der Waals surface area contributed by atoms with Crippen molar-refractivity contribution in [3.05, 3.63) is 48.0 Å². The van der Waals surface area contributed by atoms with Gasteiger partial charge in [0, 0.05) is 31.3 Å². The van der Waals surface area contributed by atoms with E-state index in [1.807, 2.05) is 0 Å². The number of nitrogens with zero attached hydrogens (tertiary/aromatic N) is 2. The maximum Gasteiger partial charge on any atom is 0.325 e. The molecule has 2 amide bonds. The number of benzene rings is 2. The lowest BCUT2D eigenvalue weighted by Crippen LogP contribution is -2.40. The first kappa shape index (κ1) is 23.9. The minimum atomic E-state index is -0.586. The maximum absolute atomic E-state index is 13.4. The van der Waals surface area contributed by atoms with Gasteiger partial charge in [0.2, 0.25) is 11.8 Å². The Labute approximate surface area is 192 Å². The van der Waals surface area contributed by atoms with Crippen LogP contribution in [0.25, 0.3) is 0 Å². The monoisotopic (exact) mass is 456 g/mol. The maximum atomic E-state index is 13.4. The standard InChI is InChI=1S/C24H28N2O7/c1-30-19-7-5-18(6-8-19)26-14-17(11-22(26)27)24(29)25(15-23(28)33-4)13-16-9-20(31-2)12-21(10-16)32-3/h5-10,12,17H,11,13-15H2,1-4H3. The van der Waals surface area contributed by atoms with Gasteiger partial charge >= 0.3 is 5.97 Å². The summed E-state index contributed by atoms with van der Waals surface area (Å²) in [6.45, 7) is 0.125. The smallest absolute Gasteiger partial charge is 0.325 e. The Morgan fingerprint density at radius 3 is 2.09 bits per heavy atom. The number of methoxy groups -OCH3 is 4. The highest BCUT2D eigenvalue weighted by Gasteiger charge is 2.38. The summed E-state index contributed by atoms with van der Waals surface area (Å²) in [6, 6.07) is 12.3. The molecule has 0 aromatic heterocycles. The van der Waals surface area contributed by atoms with E-state index in [2.05, 4.69) is 0 Å². The highest BCUT2D eigenvalue weighted by atomic mass is 16.5. The summed E-state index contributed by atoms with van der Waals surface area (Å²) in [6.07, 6.45) is 0.0595. The van der Waals surface area contributed by atoms with Gasteiger partial charge in [-0.1, -0.05) is 0 Å². The van der Waals surface area contributed by atoms with Crippen LogP contribution in [-0.4, -0.2) is 64.2 Å². The molecule has 2 aromatic rings. The van der Waals surface area contributed by atoms with Crippen molar-refractivity contribution in [2.24, 2.45) is 5.92 Å². The molecule has 1 unspecified atom stereocenters. The van der Waals surface area contributed by atoms with Crippen LogP contribution in [0.1, 0.15) is 12.0 Å². The molecule has 1 saturated heterocycles. The normalized spacial score (nSPS) is 15.2. The quantitative estimate of drug-likeness (QED) is 0.534. The van der Waals surface area contributed by atoms with Crippen molar-refractivity contribution in [2.75, 3.05) is 46.4 Å². The van der Waals surface area contributed by atoms with Crippen LogP contribution in [0, 0.1) is 5.92 Å². The molecule has 1 atom stereocenters. The Morgan fingerprint density at radius 1 is 0.939 bits per heavy atom. The summed E-state index contributed by atoms with van der Waals surface area (Å²) >= 11 is 0. The lowest BCUT2D eigenvalue weighted by atomic mass is 10.1. The Bertz CT molecular complexity index is 984. The van der Waals surface area contributed by atoms with E-state index in [0.717, 1.165) is 5.56 Å². The molecule has 0 aliphatic carbocycles. The second-order valence-corrected chi connectivity index (χ2v) is 7.59. The van der Waals surface area contributed by atoms with E-state index in [0.29, 0.717) is 22.9 Å². The van der Waals surface area contributed by atoms with E-state index < -0.39 is 11.9 Å². The lowest BCUT2D eigenvalue weighted by Gasteiger charge is -2.25. The number of carbonyl (C=O) groups excluding carboxylic acids is 3.